The van der Waals surface area contributed by atoms with E-state index in [1.165, 1.54) is 0 Å². The molecule has 0 bridgehead atoms. The van der Waals surface area contributed by atoms with Crippen LogP contribution in [0.15, 0.2) is 0 Å². The Bertz CT molecular complexity index is 151. The largest absolute Gasteiger partial charge is 0.380 e. The standard InChI is InChI=1S/C10H23NO2S/c1-10(2)4-6-13-7-9-14(12)8-3-5-11/h10H,3-9,11H2,1-2H3. The van der Waals surface area contributed by atoms with Crippen molar-refractivity contribution in [1.29, 1.82) is 0 Å². The fourth-order valence-electron chi connectivity index (χ4n) is 0.919. The van der Waals surface area contributed by atoms with E-state index in [2.05, 4.69) is 13.8 Å². The SMILES string of the molecule is CC(C)CCOCCS(=O)CCCN. The zero-order valence-corrected chi connectivity index (χ0v) is 10.1. The molecule has 0 saturated carbocycles. The lowest BCUT2D eigenvalue weighted by Gasteiger charge is -2.06. The Labute approximate surface area is 89.9 Å². The highest BCUT2D eigenvalue weighted by molar-refractivity contribution is 7.84. The summed E-state index contributed by atoms with van der Waals surface area (Å²) in [5, 5.41) is 0. The zero-order chi connectivity index (χ0) is 10.8. The summed E-state index contributed by atoms with van der Waals surface area (Å²) in [5.74, 6) is 2.04. The summed E-state index contributed by atoms with van der Waals surface area (Å²) in [6.45, 7) is 6.36. The van der Waals surface area contributed by atoms with Crippen molar-refractivity contribution in [3.05, 3.63) is 0 Å². The third-order valence-corrected chi connectivity index (χ3v) is 3.24. The quantitative estimate of drug-likeness (QED) is 0.594. The minimum atomic E-state index is -0.739. The van der Waals surface area contributed by atoms with Crippen LogP contribution in [-0.4, -0.2) is 35.5 Å². The molecule has 2 N–H and O–H groups in total. The maximum atomic E-state index is 11.3. The van der Waals surface area contributed by atoms with Crippen LogP contribution in [0.5, 0.6) is 0 Å². The molecule has 4 heteroatoms. The van der Waals surface area contributed by atoms with Crippen LogP contribution in [-0.2, 0) is 15.5 Å². The van der Waals surface area contributed by atoms with Gasteiger partial charge in [-0.15, -0.1) is 0 Å². The predicted molar refractivity (Wildman–Crippen MR) is 61.8 cm³/mol. The summed E-state index contributed by atoms with van der Waals surface area (Å²) < 4.78 is 16.6. The monoisotopic (exact) mass is 221 g/mol. The molecule has 0 rings (SSSR count). The molecule has 0 heterocycles. The molecule has 0 aliphatic carbocycles. The Kier molecular flexibility index (Phi) is 9.67. The second-order valence-corrected chi connectivity index (χ2v) is 5.48. The molecule has 0 aliphatic heterocycles. The van der Waals surface area contributed by atoms with E-state index in [0.29, 0.717) is 30.6 Å². The van der Waals surface area contributed by atoms with E-state index in [0.717, 1.165) is 19.4 Å². The van der Waals surface area contributed by atoms with Crippen molar-refractivity contribution >= 4 is 10.8 Å². The predicted octanol–water partition coefficient (Wildman–Crippen LogP) is 1.15. The van der Waals surface area contributed by atoms with Crippen LogP contribution in [0.4, 0.5) is 0 Å². The molecule has 3 nitrogen and oxygen atoms in total. The smallest absolute Gasteiger partial charge is 0.0581 e. The van der Waals surface area contributed by atoms with E-state index in [-0.39, 0.29) is 0 Å². The van der Waals surface area contributed by atoms with Crippen LogP contribution in [0, 0.1) is 5.92 Å². The summed E-state index contributed by atoms with van der Waals surface area (Å²) in [7, 11) is -0.739. The maximum absolute atomic E-state index is 11.3. The highest BCUT2D eigenvalue weighted by Gasteiger charge is 1.99. The van der Waals surface area contributed by atoms with Gasteiger partial charge in [-0.25, -0.2) is 0 Å². The Morgan fingerprint density at radius 1 is 1.29 bits per heavy atom. The fraction of sp³-hybridized carbons (Fsp3) is 1.00. The molecule has 86 valence electrons. The van der Waals surface area contributed by atoms with E-state index in [4.69, 9.17) is 10.5 Å². The molecule has 0 aromatic rings. The lowest BCUT2D eigenvalue weighted by atomic mass is 10.1. The van der Waals surface area contributed by atoms with Gasteiger partial charge in [0.25, 0.3) is 0 Å². The zero-order valence-electron chi connectivity index (χ0n) is 9.33. The summed E-state index contributed by atoms with van der Waals surface area (Å²) in [6.07, 6.45) is 1.92. The van der Waals surface area contributed by atoms with Gasteiger partial charge in [0.15, 0.2) is 0 Å². The average molecular weight is 221 g/mol. The van der Waals surface area contributed by atoms with Crippen molar-refractivity contribution in [3.8, 4) is 0 Å². The Morgan fingerprint density at radius 3 is 2.57 bits per heavy atom. The van der Waals surface area contributed by atoms with Gasteiger partial charge in [0.1, 0.15) is 0 Å². The van der Waals surface area contributed by atoms with E-state index in [9.17, 15) is 4.21 Å². The van der Waals surface area contributed by atoms with Crippen LogP contribution in [0.25, 0.3) is 0 Å². The van der Waals surface area contributed by atoms with Gasteiger partial charge in [0.2, 0.25) is 0 Å². The van der Waals surface area contributed by atoms with Crippen LogP contribution in [0.3, 0.4) is 0 Å². The first kappa shape index (κ1) is 14.1. The van der Waals surface area contributed by atoms with E-state index >= 15 is 0 Å². The number of ether oxygens (including phenoxy) is 1. The number of rotatable bonds is 9. The van der Waals surface area contributed by atoms with Crippen molar-refractivity contribution in [3.63, 3.8) is 0 Å². The lowest BCUT2D eigenvalue weighted by molar-refractivity contribution is 0.138. The van der Waals surface area contributed by atoms with Gasteiger partial charge in [-0.1, -0.05) is 13.8 Å². The van der Waals surface area contributed by atoms with Crippen LogP contribution in [0.2, 0.25) is 0 Å². The summed E-state index contributed by atoms with van der Waals surface area (Å²) in [6, 6.07) is 0. The van der Waals surface area contributed by atoms with Gasteiger partial charge in [-0.05, 0) is 25.3 Å². The van der Waals surface area contributed by atoms with E-state index in [1.807, 2.05) is 0 Å². The van der Waals surface area contributed by atoms with Crippen molar-refractivity contribution in [2.45, 2.75) is 26.7 Å². The first-order valence-corrected chi connectivity index (χ1v) is 6.78. The average Bonchev–Trinajstić information content (AvgIpc) is 2.13. The van der Waals surface area contributed by atoms with Gasteiger partial charge in [-0.2, -0.15) is 0 Å². The minimum Gasteiger partial charge on any atom is -0.380 e. The lowest BCUT2D eigenvalue weighted by Crippen LogP contribution is -2.12. The van der Waals surface area contributed by atoms with Gasteiger partial charge in [0, 0.05) is 28.9 Å². The number of hydrogen-bond acceptors (Lipinski definition) is 3. The topological polar surface area (TPSA) is 52.3 Å². The molecule has 1 unspecified atom stereocenters. The van der Waals surface area contributed by atoms with Crippen molar-refractivity contribution < 1.29 is 8.95 Å². The molecule has 0 aromatic carbocycles. The fourth-order valence-corrected chi connectivity index (χ4v) is 1.92. The normalized spacial score (nSPS) is 13.4. The third kappa shape index (κ3) is 10.2. The molecule has 0 spiro atoms. The van der Waals surface area contributed by atoms with Crippen LogP contribution in [0.1, 0.15) is 26.7 Å². The molecule has 14 heavy (non-hydrogen) atoms. The van der Waals surface area contributed by atoms with Crippen molar-refractivity contribution in [2.24, 2.45) is 11.7 Å². The van der Waals surface area contributed by atoms with Gasteiger partial charge < -0.3 is 10.5 Å². The van der Waals surface area contributed by atoms with Gasteiger partial charge >= 0.3 is 0 Å². The number of nitrogens with two attached hydrogens (primary N) is 1. The molecule has 0 radical (unpaired) electrons. The van der Waals surface area contributed by atoms with E-state index in [1.54, 1.807) is 0 Å². The first-order chi connectivity index (χ1) is 6.66. The highest BCUT2D eigenvalue weighted by atomic mass is 32.2. The summed E-state index contributed by atoms with van der Waals surface area (Å²) in [4.78, 5) is 0. The first-order valence-electron chi connectivity index (χ1n) is 5.29. The Hall–Kier alpha value is 0.0700. The molecule has 0 aromatic heterocycles. The second-order valence-electron chi connectivity index (χ2n) is 3.79. The Balaban J connectivity index is 3.15. The minimum absolute atomic E-state index is 0.615. The molecular weight excluding hydrogens is 198 g/mol. The molecule has 0 aliphatic rings. The molecular formula is C10H23NO2S. The van der Waals surface area contributed by atoms with E-state index < -0.39 is 10.8 Å². The second kappa shape index (κ2) is 9.62. The molecule has 0 amide bonds. The highest BCUT2D eigenvalue weighted by Crippen LogP contribution is 1.98. The van der Waals surface area contributed by atoms with Crippen molar-refractivity contribution in [2.75, 3.05) is 31.3 Å². The van der Waals surface area contributed by atoms with Crippen LogP contribution >= 0.6 is 0 Å². The summed E-state index contributed by atoms with van der Waals surface area (Å²) >= 11 is 0. The molecule has 1 atom stereocenters. The molecule has 0 fully saturated rings. The Morgan fingerprint density at radius 2 is 2.00 bits per heavy atom. The van der Waals surface area contributed by atoms with Crippen LogP contribution < -0.4 is 5.73 Å². The number of hydrogen-bond donors (Lipinski definition) is 1. The third-order valence-electron chi connectivity index (χ3n) is 1.87. The molecule has 0 saturated heterocycles. The summed E-state index contributed by atoms with van der Waals surface area (Å²) in [5.41, 5.74) is 5.32. The maximum Gasteiger partial charge on any atom is 0.0581 e. The van der Waals surface area contributed by atoms with Crippen molar-refractivity contribution in [1.82, 2.24) is 0 Å². The van der Waals surface area contributed by atoms with Gasteiger partial charge in [-0.3, -0.25) is 4.21 Å². The van der Waals surface area contributed by atoms with Gasteiger partial charge in [0.05, 0.1) is 6.61 Å².